The first kappa shape index (κ1) is 13.9. The van der Waals surface area contributed by atoms with Crippen LogP contribution in [0.4, 0.5) is 0 Å². The molecule has 2 rings (SSSR count). The molecule has 1 aliphatic rings. The average molecular weight is 267 g/mol. The summed E-state index contributed by atoms with van der Waals surface area (Å²) in [4.78, 5) is 2.48. The second-order valence-electron chi connectivity index (χ2n) is 5.45. The number of hydrogen-bond acceptors (Lipinski definition) is 2. The van der Waals surface area contributed by atoms with Gasteiger partial charge in [-0.25, -0.2) is 0 Å². The van der Waals surface area contributed by atoms with E-state index in [2.05, 4.69) is 30.9 Å². The third-order valence-electron chi connectivity index (χ3n) is 4.00. The van der Waals surface area contributed by atoms with Gasteiger partial charge in [-0.3, -0.25) is 4.90 Å². The molecule has 1 saturated heterocycles. The lowest BCUT2D eigenvalue weighted by Gasteiger charge is -2.36. The maximum atomic E-state index is 6.30. The third-order valence-corrected chi connectivity index (χ3v) is 4.36. The fraction of sp³-hybridized carbons (Fsp3) is 0.600. The van der Waals surface area contributed by atoms with Crippen molar-refractivity contribution in [3.8, 4) is 0 Å². The summed E-state index contributed by atoms with van der Waals surface area (Å²) in [5.41, 5.74) is 8.59. The van der Waals surface area contributed by atoms with Crippen molar-refractivity contribution >= 4 is 11.6 Å². The highest BCUT2D eigenvalue weighted by Crippen LogP contribution is 2.23. The lowest BCUT2D eigenvalue weighted by molar-refractivity contribution is 0.145. The standard InChI is InChI=1S/C15H23ClN2/c1-3-12-9-18(7-6-15(12)17)10-13-5-4-11(2)8-14(13)16/h4-5,8,12,15H,3,6-7,9-10,17H2,1-2H3. The van der Waals surface area contributed by atoms with E-state index in [0.717, 1.165) is 31.1 Å². The molecule has 2 nitrogen and oxygen atoms in total. The number of rotatable bonds is 3. The summed E-state index contributed by atoms with van der Waals surface area (Å²) in [7, 11) is 0. The third kappa shape index (κ3) is 3.25. The molecule has 18 heavy (non-hydrogen) atoms. The molecule has 100 valence electrons. The van der Waals surface area contributed by atoms with Gasteiger partial charge in [0.05, 0.1) is 0 Å². The first-order valence-corrected chi connectivity index (χ1v) is 7.21. The van der Waals surface area contributed by atoms with Crippen LogP contribution in [0.15, 0.2) is 18.2 Å². The minimum Gasteiger partial charge on any atom is -0.327 e. The summed E-state index contributed by atoms with van der Waals surface area (Å²) in [6.45, 7) is 7.43. The molecule has 1 aromatic carbocycles. The lowest BCUT2D eigenvalue weighted by Crippen LogP contribution is -2.46. The molecule has 3 heteroatoms. The van der Waals surface area contributed by atoms with Gasteiger partial charge in [0.1, 0.15) is 0 Å². The number of aryl methyl sites for hydroxylation is 1. The molecule has 0 amide bonds. The molecule has 2 unspecified atom stereocenters. The number of hydrogen-bond donors (Lipinski definition) is 1. The SMILES string of the molecule is CCC1CN(Cc2ccc(C)cc2Cl)CCC1N. The van der Waals surface area contributed by atoms with Crippen molar-refractivity contribution in [1.82, 2.24) is 4.90 Å². The fourth-order valence-corrected chi connectivity index (χ4v) is 3.02. The summed E-state index contributed by atoms with van der Waals surface area (Å²) >= 11 is 6.30. The van der Waals surface area contributed by atoms with Gasteiger partial charge < -0.3 is 5.73 Å². The van der Waals surface area contributed by atoms with Gasteiger partial charge in [-0.1, -0.05) is 37.1 Å². The molecule has 2 atom stereocenters. The largest absolute Gasteiger partial charge is 0.327 e. The Bertz CT molecular complexity index is 405. The molecule has 0 aromatic heterocycles. The summed E-state index contributed by atoms with van der Waals surface area (Å²) in [6.07, 6.45) is 2.27. The molecule has 0 spiro atoms. The van der Waals surface area contributed by atoms with Crippen LogP contribution in [0.1, 0.15) is 30.9 Å². The predicted octanol–water partition coefficient (Wildman–Crippen LogP) is 3.21. The first-order valence-electron chi connectivity index (χ1n) is 6.83. The van der Waals surface area contributed by atoms with Crippen LogP contribution in [0, 0.1) is 12.8 Å². The topological polar surface area (TPSA) is 29.3 Å². The van der Waals surface area contributed by atoms with Crippen molar-refractivity contribution in [2.75, 3.05) is 13.1 Å². The second-order valence-corrected chi connectivity index (χ2v) is 5.86. The fourth-order valence-electron chi connectivity index (χ4n) is 2.72. The Labute approximate surface area is 115 Å². The number of halogens is 1. The van der Waals surface area contributed by atoms with Crippen LogP contribution >= 0.6 is 11.6 Å². The van der Waals surface area contributed by atoms with Crippen LogP contribution < -0.4 is 5.73 Å². The highest BCUT2D eigenvalue weighted by molar-refractivity contribution is 6.31. The van der Waals surface area contributed by atoms with E-state index in [1.54, 1.807) is 0 Å². The van der Waals surface area contributed by atoms with Gasteiger partial charge in [0.2, 0.25) is 0 Å². The van der Waals surface area contributed by atoms with Gasteiger partial charge in [-0.05, 0) is 43.0 Å². The van der Waals surface area contributed by atoms with E-state index in [4.69, 9.17) is 17.3 Å². The molecule has 0 aliphatic carbocycles. The molecule has 0 saturated carbocycles. The van der Waals surface area contributed by atoms with Crippen molar-refractivity contribution in [2.24, 2.45) is 11.7 Å². The molecule has 2 N–H and O–H groups in total. The van der Waals surface area contributed by atoms with Crippen LogP contribution in [-0.4, -0.2) is 24.0 Å². The number of nitrogens with zero attached hydrogens (tertiary/aromatic N) is 1. The molecule has 1 aliphatic heterocycles. The van der Waals surface area contributed by atoms with E-state index in [-0.39, 0.29) is 0 Å². The maximum absolute atomic E-state index is 6.30. The van der Waals surface area contributed by atoms with Gasteiger partial charge in [-0.2, -0.15) is 0 Å². The van der Waals surface area contributed by atoms with Gasteiger partial charge in [-0.15, -0.1) is 0 Å². The van der Waals surface area contributed by atoms with E-state index in [0.29, 0.717) is 12.0 Å². The number of benzene rings is 1. The monoisotopic (exact) mass is 266 g/mol. The smallest absolute Gasteiger partial charge is 0.0453 e. The van der Waals surface area contributed by atoms with Crippen LogP contribution in [-0.2, 0) is 6.54 Å². The molecule has 1 aromatic rings. The first-order chi connectivity index (χ1) is 8.60. The molecular weight excluding hydrogens is 244 g/mol. The number of nitrogens with two attached hydrogens (primary N) is 1. The molecular formula is C15H23ClN2. The zero-order chi connectivity index (χ0) is 13.1. The van der Waals surface area contributed by atoms with Gasteiger partial charge in [0, 0.05) is 24.2 Å². The van der Waals surface area contributed by atoms with Gasteiger partial charge in [0.15, 0.2) is 0 Å². The van der Waals surface area contributed by atoms with Crippen molar-refractivity contribution in [3.05, 3.63) is 34.3 Å². The predicted molar refractivity (Wildman–Crippen MR) is 77.8 cm³/mol. The average Bonchev–Trinajstić information content (AvgIpc) is 2.35. The Morgan fingerprint density at radius 3 is 2.89 bits per heavy atom. The summed E-state index contributed by atoms with van der Waals surface area (Å²) in [5.74, 6) is 0.628. The number of likely N-dealkylation sites (tertiary alicyclic amines) is 1. The van der Waals surface area contributed by atoms with Crippen molar-refractivity contribution in [3.63, 3.8) is 0 Å². The van der Waals surface area contributed by atoms with Crippen LogP contribution in [0.3, 0.4) is 0 Å². The van der Waals surface area contributed by atoms with E-state index < -0.39 is 0 Å². The Morgan fingerprint density at radius 2 is 2.22 bits per heavy atom. The molecule has 0 bridgehead atoms. The highest BCUT2D eigenvalue weighted by Gasteiger charge is 2.25. The van der Waals surface area contributed by atoms with Gasteiger partial charge in [0.25, 0.3) is 0 Å². The Hall–Kier alpha value is -0.570. The molecule has 1 heterocycles. The zero-order valence-corrected chi connectivity index (χ0v) is 12.1. The van der Waals surface area contributed by atoms with E-state index in [1.165, 1.54) is 17.5 Å². The Morgan fingerprint density at radius 1 is 1.44 bits per heavy atom. The minimum absolute atomic E-state index is 0.375. The van der Waals surface area contributed by atoms with Crippen molar-refractivity contribution in [2.45, 2.75) is 39.3 Å². The highest BCUT2D eigenvalue weighted by atomic mass is 35.5. The van der Waals surface area contributed by atoms with E-state index in [9.17, 15) is 0 Å². The summed E-state index contributed by atoms with van der Waals surface area (Å²) in [5, 5.41) is 0.887. The zero-order valence-electron chi connectivity index (χ0n) is 11.3. The second kappa shape index (κ2) is 6.05. The molecule has 1 fully saturated rings. The van der Waals surface area contributed by atoms with Crippen LogP contribution in [0.2, 0.25) is 5.02 Å². The molecule has 0 radical (unpaired) electrons. The normalized spacial score (nSPS) is 25.3. The summed E-state index contributed by atoms with van der Waals surface area (Å²) < 4.78 is 0. The van der Waals surface area contributed by atoms with Crippen LogP contribution in [0.25, 0.3) is 0 Å². The minimum atomic E-state index is 0.375. The van der Waals surface area contributed by atoms with E-state index >= 15 is 0 Å². The van der Waals surface area contributed by atoms with Crippen molar-refractivity contribution < 1.29 is 0 Å². The Kier molecular flexibility index (Phi) is 4.66. The maximum Gasteiger partial charge on any atom is 0.0453 e. The number of piperidine rings is 1. The summed E-state index contributed by atoms with van der Waals surface area (Å²) in [6, 6.07) is 6.70. The van der Waals surface area contributed by atoms with Gasteiger partial charge >= 0.3 is 0 Å². The van der Waals surface area contributed by atoms with Crippen molar-refractivity contribution in [1.29, 1.82) is 0 Å². The van der Waals surface area contributed by atoms with E-state index in [1.807, 2.05) is 6.07 Å². The Balaban J connectivity index is 2.01. The lowest BCUT2D eigenvalue weighted by atomic mass is 9.90. The quantitative estimate of drug-likeness (QED) is 0.910. The van der Waals surface area contributed by atoms with Crippen LogP contribution in [0.5, 0.6) is 0 Å².